The van der Waals surface area contributed by atoms with Crippen LogP contribution in [-0.2, 0) is 15.9 Å². The van der Waals surface area contributed by atoms with Gasteiger partial charge in [0.2, 0.25) is 0 Å². The van der Waals surface area contributed by atoms with E-state index < -0.39 is 29.5 Å². The van der Waals surface area contributed by atoms with Crippen LogP contribution in [0.2, 0.25) is 0 Å². The first-order valence-electron chi connectivity index (χ1n) is 9.32. The number of aliphatic hydroxyl groups is 1. The van der Waals surface area contributed by atoms with Gasteiger partial charge in [-0.1, -0.05) is 0 Å². The zero-order valence-electron chi connectivity index (χ0n) is 17.7. The van der Waals surface area contributed by atoms with Crippen LogP contribution in [0.5, 0.6) is 0 Å². The maximum absolute atomic E-state index is 12.2. The summed E-state index contributed by atoms with van der Waals surface area (Å²) in [6, 6.07) is 0. The Morgan fingerprint density at radius 2 is 1.82 bits per heavy atom. The third kappa shape index (κ3) is 6.34. The molecule has 0 spiro atoms. The first-order chi connectivity index (χ1) is 12.7. The molecule has 1 aromatic rings. The topological polar surface area (TPSA) is 92.2 Å². The molecule has 2 atom stereocenters. The Morgan fingerprint density at radius 1 is 1.21 bits per heavy atom. The molecular formula is C19H31N3O5S. The standard InChI is InChI=1S/C19H31N3O5S/c1-18(2,3)26-16(24)21(7)15-20-13(11-28-15)8-12-9-22(10-14(12)23)17(25)27-19(4,5)6/h11-12,14,23H,8-10H2,1-7H3/t12-,14-/m0/s1. The highest BCUT2D eigenvalue weighted by Crippen LogP contribution is 2.27. The molecule has 0 aromatic carbocycles. The number of β-amino-alcohol motifs (C(OH)–C–C–N with tert-alkyl or cyclic N) is 1. The average molecular weight is 414 g/mol. The van der Waals surface area contributed by atoms with Gasteiger partial charge in [0, 0.05) is 24.9 Å². The number of rotatable bonds is 3. The van der Waals surface area contributed by atoms with Crippen molar-refractivity contribution < 1.29 is 24.2 Å². The summed E-state index contributed by atoms with van der Waals surface area (Å²) in [6.45, 7) is 11.5. The minimum atomic E-state index is -0.638. The Labute approximate surface area is 170 Å². The van der Waals surface area contributed by atoms with Crippen molar-refractivity contribution in [1.29, 1.82) is 0 Å². The number of nitrogens with zero attached hydrogens (tertiary/aromatic N) is 3. The van der Waals surface area contributed by atoms with Crippen molar-refractivity contribution in [3.8, 4) is 0 Å². The van der Waals surface area contributed by atoms with Crippen LogP contribution < -0.4 is 4.90 Å². The van der Waals surface area contributed by atoms with E-state index in [1.165, 1.54) is 21.1 Å². The summed E-state index contributed by atoms with van der Waals surface area (Å²) in [5, 5.41) is 12.7. The minimum Gasteiger partial charge on any atom is -0.444 e. The number of anilines is 1. The first kappa shape index (κ1) is 22.4. The fourth-order valence-electron chi connectivity index (χ4n) is 2.75. The third-order valence-electron chi connectivity index (χ3n) is 4.02. The van der Waals surface area contributed by atoms with Crippen molar-refractivity contribution in [3.63, 3.8) is 0 Å². The molecule has 1 aliphatic heterocycles. The molecule has 1 aliphatic rings. The van der Waals surface area contributed by atoms with E-state index in [1.807, 2.05) is 46.9 Å². The van der Waals surface area contributed by atoms with Crippen LogP contribution >= 0.6 is 11.3 Å². The molecule has 2 rings (SSSR count). The largest absolute Gasteiger partial charge is 0.444 e. The summed E-state index contributed by atoms with van der Waals surface area (Å²) >= 11 is 1.34. The van der Waals surface area contributed by atoms with Gasteiger partial charge >= 0.3 is 12.2 Å². The smallest absolute Gasteiger partial charge is 0.416 e. The summed E-state index contributed by atoms with van der Waals surface area (Å²) in [7, 11) is 1.62. The van der Waals surface area contributed by atoms with Gasteiger partial charge in [-0.15, -0.1) is 11.3 Å². The second kappa shape index (κ2) is 8.24. The molecule has 158 valence electrons. The number of likely N-dealkylation sites (tertiary alicyclic amines) is 1. The second-order valence-electron chi connectivity index (χ2n) is 9.08. The molecule has 0 aliphatic carbocycles. The highest BCUT2D eigenvalue weighted by molar-refractivity contribution is 7.14. The fourth-order valence-corrected chi connectivity index (χ4v) is 3.54. The maximum Gasteiger partial charge on any atom is 0.416 e. The summed E-state index contributed by atoms with van der Waals surface area (Å²) in [4.78, 5) is 31.8. The Kier molecular flexibility index (Phi) is 6.60. The van der Waals surface area contributed by atoms with Gasteiger partial charge in [0.25, 0.3) is 0 Å². The summed E-state index contributed by atoms with van der Waals surface area (Å²) < 4.78 is 10.7. The highest BCUT2D eigenvalue weighted by atomic mass is 32.1. The van der Waals surface area contributed by atoms with Gasteiger partial charge in [-0.05, 0) is 48.0 Å². The fraction of sp³-hybridized carbons (Fsp3) is 0.737. The van der Waals surface area contributed by atoms with Crippen molar-refractivity contribution in [1.82, 2.24) is 9.88 Å². The van der Waals surface area contributed by atoms with E-state index in [0.29, 0.717) is 18.1 Å². The van der Waals surface area contributed by atoms with Crippen LogP contribution in [0.4, 0.5) is 14.7 Å². The Bertz CT molecular complexity index is 707. The Hall–Kier alpha value is -1.87. The summed E-state index contributed by atoms with van der Waals surface area (Å²) in [5.74, 6) is -0.130. The van der Waals surface area contributed by atoms with Gasteiger partial charge in [0.15, 0.2) is 5.13 Å². The molecule has 1 saturated heterocycles. The minimum absolute atomic E-state index is 0.130. The lowest BCUT2D eigenvalue weighted by Crippen LogP contribution is -2.35. The number of hydrogen-bond acceptors (Lipinski definition) is 7. The molecule has 0 unspecified atom stereocenters. The van der Waals surface area contributed by atoms with Gasteiger partial charge < -0.3 is 19.5 Å². The van der Waals surface area contributed by atoms with E-state index >= 15 is 0 Å². The molecule has 1 aromatic heterocycles. The van der Waals surface area contributed by atoms with E-state index in [9.17, 15) is 14.7 Å². The number of carbonyl (C=O) groups is 2. The number of carbonyl (C=O) groups excluding carboxylic acids is 2. The quantitative estimate of drug-likeness (QED) is 0.817. The van der Waals surface area contributed by atoms with Crippen LogP contribution in [0.3, 0.4) is 0 Å². The molecule has 2 amide bonds. The van der Waals surface area contributed by atoms with Crippen molar-refractivity contribution in [2.75, 3.05) is 25.0 Å². The lowest BCUT2D eigenvalue weighted by atomic mass is 10.0. The number of hydrogen-bond donors (Lipinski definition) is 1. The van der Waals surface area contributed by atoms with Gasteiger partial charge in [0.1, 0.15) is 11.2 Å². The van der Waals surface area contributed by atoms with E-state index in [4.69, 9.17) is 9.47 Å². The Morgan fingerprint density at radius 3 is 2.39 bits per heavy atom. The molecule has 0 saturated carbocycles. The van der Waals surface area contributed by atoms with Gasteiger partial charge in [-0.3, -0.25) is 4.90 Å². The highest BCUT2D eigenvalue weighted by Gasteiger charge is 2.36. The zero-order chi connectivity index (χ0) is 21.3. The van der Waals surface area contributed by atoms with E-state index in [-0.39, 0.29) is 12.5 Å². The molecule has 0 bridgehead atoms. The molecule has 0 radical (unpaired) electrons. The van der Waals surface area contributed by atoms with Crippen LogP contribution in [-0.4, -0.2) is 64.6 Å². The average Bonchev–Trinajstić information content (AvgIpc) is 3.11. The van der Waals surface area contributed by atoms with Crippen LogP contribution in [0.15, 0.2) is 5.38 Å². The van der Waals surface area contributed by atoms with E-state index in [1.54, 1.807) is 7.05 Å². The van der Waals surface area contributed by atoms with E-state index in [0.717, 1.165) is 5.69 Å². The van der Waals surface area contributed by atoms with Crippen molar-refractivity contribution in [2.24, 2.45) is 5.92 Å². The van der Waals surface area contributed by atoms with Crippen LogP contribution in [0, 0.1) is 5.92 Å². The predicted molar refractivity (Wildman–Crippen MR) is 108 cm³/mol. The van der Waals surface area contributed by atoms with Gasteiger partial charge in [-0.25, -0.2) is 14.6 Å². The number of amides is 2. The third-order valence-corrected chi connectivity index (χ3v) is 4.99. The number of aliphatic hydroxyl groups excluding tert-OH is 1. The van der Waals surface area contributed by atoms with Crippen molar-refractivity contribution in [2.45, 2.75) is 65.3 Å². The first-order valence-corrected chi connectivity index (χ1v) is 10.2. The zero-order valence-corrected chi connectivity index (χ0v) is 18.5. The lowest BCUT2D eigenvalue weighted by Gasteiger charge is -2.24. The molecule has 1 N–H and O–H groups in total. The van der Waals surface area contributed by atoms with Gasteiger partial charge in [0.05, 0.1) is 18.3 Å². The lowest BCUT2D eigenvalue weighted by molar-refractivity contribution is 0.0269. The van der Waals surface area contributed by atoms with Crippen molar-refractivity contribution in [3.05, 3.63) is 11.1 Å². The van der Waals surface area contributed by atoms with Crippen LogP contribution in [0.25, 0.3) is 0 Å². The van der Waals surface area contributed by atoms with E-state index in [2.05, 4.69) is 4.98 Å². The SMILES string of the molecule is CN(C(=O)OC(C)(C)C)c1nc(C[C@H]2CN(C(=O)OC(C)(C)C)C[C@@H]2O)cs1. The number of aromatic nitrogens is 1. The monoisotopic (exact) mass is 413 g/mol. The summed E-state index contributed by atoms with van der Waals surface area (Å²) in [5.41, 5.74) is -0.383. The second-order valence-corrected chi connectivity index (χ2v) is 9.91. The normalized spacial score (nSPS) is 20.2. The van der Waals surface area contributed by atoms with Gasteiger partial charge in [-0.2, -0.15) is 0 Å². The number of thiazole rings is 1. The Balaban J connectivity index is 1.96. The van der Waals surface area contributed by atoms with Crippen LogP contribution in [0.1, 0.15) is 47.2 Å². The predicted octanol–water partition coefficient (Wildman–Crippen LogP) is 3.28. The summed E-state index contributed by atoms with van der Waals surface area (Å²) in [6.07, 6.45) is -1.01. The molecule has 9 heteroatoms. The molecule has 8 nitrogen and oxygen atoms in total. The number of ether oxygens (including phenoxy) is 2. The molecule has 1 fully saturated rings. The molecule has 28 heavy (non-hydrogen) atoms. The van der Waals surface area contributed by atoms with Crippen molar-refractivity contribution >= 4 is 28.7 Å². The molecule has 2 heterocycles. The maximum atomic E-state index is 12.2. The molecular weight excluding hydrogens is 382 g/mol.